The summed E-state index contributed by atoms with van der Waals surface area (Å²) in [5, 5.41) is 2.74. The second-order valence-electron chi connectivity index (χ2n) is 6.76. The quantitative estimate of drug-likeness (QED) is 0.778. The summed E-state index contributed by atoms with van der Waals surface area (Å²) >= 11 is 0. The van der Waals surface area contributed by atoms with Gasteiger partial charge in [0, 0.05) is 38.6 Å². The van der Waals surface area contributed by atoms with E-state index in [4.69, 9.17) is 4.42 Å². The highest BCUT2D eigenvalue weighted by molar-refractivity contribution is 7.89. The van der Waals surface area contributed by atoms with E-state index in [1.165, 1.54) is 10.6 Å². The van der Waals surface area contributed by atoms with Gasteiger partial charge in [0.2, 0.25) is 15.9 Å². The number of rotatable bonds is 6. The lowest BCUT2D eigenvalue weighted by Crippen LogP contribution is -2.51. The van der Waals surface area contributed by atoms with Gasteiger partial charge in [0.05, 0.1) is 12.0 Å². The van der Waals surface area contributed by atoms with Crippen molar-refractivity contribution >= 4 is 21.8 Å². The molecule has 2 fully saturated rings. The van der Waals surface area contributed by atoms with Crippen molar-refractivity contribution in [2.45, 2.75) is 25.7 Å². The summed E-state index contributed by atoms with van der Waals surface area (Å²) in [6.45, 7) is 1.29. The smallest absolute Gasteiger partial charge is 0.289 e. The fourth-order valence-electron chi connectivity index (χ4n) is 3.49. The van der Waals surface area contributed by atoms with Gasteiger partial charge in [0.25, 0.3) is 5.91 Å². The molecule has 8 nitrogen and oxygen atoms in total. The van der Waals surface area contributed by atoms with Crippen LogP contribution in [0.2, 0.25) is 0 Å². The van der Waals surface area contributed by atoms with Crippen molar-refractivity contribution < 1.29 is 22.4 Å². The molecule has 0 spiro atoms. The van der Waals surface area contributed by atoms with Crippen molar-refractivity contribution in [2.75, 3.05) is 38.5 Å². The normalized spacial score (nSPS) is 19.6. The van der Waals surface area contributed by atoms with Crippen LogP contribution >= 0.6 is 0 Å². The number of nitrogens with one attached hydrogen (secondary N) is 1. The number of piperazine rings is 1. The van der Waals surface area contributed by atoms with E-state index in [1.54, 1.807) is 17.0 Å². The SMILES string of the molecule is O=C(NCCS(=O)(=O)N1CCN(C(=O)c2ccco2)CC1)C1CCCC1. The van der Waals surface area contributed by atoms with Crippen LogP contribution < -0.4 is 5.32 Å². The lowest BCUT2D eigenvalue weighted by Gasteiger charge is -2.33. The Morgan fingerprint density at radius 1 is 1.15 bits per heavy atom. The highest BCUT2D eigenvalue weighted by atomic mass is 32.2. The minimum absolute atomic E-state index is 0.0356. The van der Waals surface area contributed by atoms with Crippen LogP contribution in [-0.4, -0.2) is 67.9 Å². The molecule has 1 saturated carbocycles. The van der Waals surface area contributed by atoms with Gasteiger partial charge < -0.3 is 14.6 Å². The number of hydrogen-bond donors (Lipinski definition) is 1. The first kappa shape index (κ1) is 18.9. The lowest BCUT2D eigenvalue weighted by atomic mass is 10.1. The summed E-state index contributed by atoms with van der Waals surface area (Å²) in [5.74, 6) is -0.0790. The number of furan rings is 1. The lowest BCUT2D eigenvalue weighted by molar-refractivity contribution is -0.124. The van der Waals surface area contributed by atoms with Crippen LogP contribution in [0.4, 0.5) is 0 Å². The van der Waals surface area contributed by atoms with Gasteiger partial charge >= 0.3 is 0 Å². The molecular weight excluding hydrogens is 358 g/mol. The van der Waals surface area contributed by atoms with Crippen LogP contribution in [0, 0.1) is 5.92 Å². The summed E-state index contributed by atoms with van der Waals surface area (Å²) in [5.41, 5.74) is 0. The summed E-state index contributed by atoms with van der Waals surface area (Å²) in [7, 11) is -3.45. The molecule has 1 aliphatic carbocycles. The Hall–Kier alpha value is -1.87. The molecule has 1 aromatic rings. The molecule has 2 aliphatic rings. The van der Waals surface area contributed by atoms with Crippen LogP contribution in [0.5, 0.6) is 0 Å². The predicted octanol–water partition coefficient (Wildman–Crippen LogP) is 0.674. The van der Waals surface area contributed by atoms with Gasteiger partial charge in [-0.25, -0.2) is 8.42 Å². The van der Waals surface area contributed by atoms with Gasteiger partial charge in [0.15, 0.2) is 5.76 Å². The molecule has 1 aromatic heterocycles. The van der Waals surface area contributed by atoms with E-state index >= 15 is 0 Å². The first-order valence-electron chi connectivity index (χ1n) is 9.06. The topological polar surface area (TPSA) is 99.9 Å². The number of sulfonamides is 1. The number of hydrogen-bond acceptors (Lipinski definition) is 5. The van der Waals surface area contributed by atoms with E-state index in [-0.39, 0.29) is 48.9 Å². The third kappa shape index (κ3) is 4.45. The zero-order valence-corrected chi connectivity index (χ0v) is 15.5. The molecule has 26 heavy (non-hydrogen) atoms. The third-order valence-electron chi connectivity index (χ3n) is 5.04. The van der Waals surface area contributed by atoms with Crippen molar-refractivity contribution in [3.63, 3.8) is 0 Å². The fourth-order valence-corrected chi connectivity index (χ4v) is 4.83. The van der Waals surface area contributed by atoms with E-state index in [1.807, 2.05) is 0 Å². The molecular formula is C17H25N3O5S. The van der Waals surface area contributed by atoms with Crippen molar-refractivity contribution in [1.82, 2.24) is 14.5 Å². The Bertz CT molecular complexity index is 718. The van der Waals surface area contributed by atoms with Crippen LogP contribution in [0.3, 0.4) is 0 Å². The molecule has 2 amide bonds. The van der Waals surface area contributed by atoms with Gasteiger partial charge in [-0.3, -0.25) is 9.59 Å². The average Bonchev–Trinajstić information content (AvgIpc) is 3.34. The number of carbonyl (C=O) groups excluding carboxylic acids is 2. The van der Waals surface area contributed by atoms with Crippen molar-refractivity contribution in [3.8, 4) is 0 Å². The first-order valence-corrected chi connectivity index (χ1v) is 10.7. The van der Waals surface area contributed by atoms with Crippen LogP contribution in [0.15, 0.2) is 22.8 Å². The molecule has 2 heterocycles. The molecule has 3 rings (SSSR count). The number of nitrogens with zero attached hydrogens (tertiary/aromatic N) is 2. The summed E-state index contributed by atoms with van der Waals surface area (Å²) in [6.07, 6.45) is 5.36. The standard InChI is InChI=1S/C17H25N3O5S/c21-16(14-4-1-2-5-14)18-7-13-26(23,24)20-10-8-19(9-11-20)17(22)15-6-3-12-25-15/h3,6,12,14H,1-2,4-5,7-11,13H2,(H,18,21). The number of carbonyl (C=O) groups is 2. The second kappa shape index (κ2) is 8.22. The predicted molar refractivity (Wildman–Crippen MR) is 94.9 cm³/mol. The Kier molecular flexibility index (Phi) is 5.98. The van der Waals surface area contributed by atoms with Crippen LogP contribution in [-0.2, 0) is 14.8 Å². The maximum Gasteiger partial charge on any atom is 0.289 e. The molecule has 0 atom stereocenters. The Morgan fingerprint density at radius 2 is 1.85 bits per heavy atom. The van der Waals surface area contributed by atoms with Crippen LogP contribution in [0.25, 0.3) is 0 Å². The monoisotopic (exact) mass is 383 g/mol. The molecule has 1 saturated heterocycles. The minimum Gasteiger partial charge on any atom is -0.459 e. The summed E-state index contributed by atoms with van der Waals surface area (Å²) in [6, 6.07) is 3.24. The summed E-state index contributed by atoms with van der Waals surface area (Å²) < 4.78 is 31.4. The van der Waals surface area contributed by atoms with E-state index in [2.05, 4.69) is 5.32 Å². The minimum atomic E-state index is -3.45. The molecule has 1 aliphatic heterocycles. The Morgan fingerprint density at radius 3 is 2.46 bits per heavy atom. The maximum absolute atomic E-state index is 12.4. The van der Waals surface area contributed by atoms with Crippen molar-refractivity contribution in [3.05, 3.63) is 24.2 Å². The maximum atomic E-state index is 12.4. The zero-order valence-electron chi connectivity index (χ0n) is 14.7. The van der Waals surface area contributed by atoms with Crippen molar-refractivity contribution in [2.24, 2.45) is 5.92 Å². The molecule has 9 heteroatoms. The molecule has 0 radical (unpaired) electrons. The highest BCUT2D eigenvalue weighted by Gasteiger charge is 2.30. The largest absolute Gasteiger partial charge is 0.459 e. The van der Waals surface area contributed by atoms with Gasteiger partial charge in [0.1, 0.15) is 0 Å². The molecule has 144 valence electrons. The number of amides is 2. The summed E-state index contributed by atoms with van der Waals surface area (Å²) in [4.78, 5) is 25.8. The molecule has 0 bridgehead atoms. The van der Waals surface area contributed by atoms with Gasteiger partial charge in [-0.2, -0.15) is 4.31 Å². The third-order valence-corrected chi connectivity index (χ3v) is 6.91. The molecule has 0 unspecified atom stereocenters. The van der Waals surface area contributed by atoms with E-state index in [9.17, 15) is 18.0 Å². The fraction of sp³-hybridized carbons (Fsp3) is 0.647. The second-order valence-corrected chi connectivity index (χ2v) is 8.85. The molecule has 1 N–H and O–H groups in total. The Labute approximate surface area is 153 Å². The van der Waals surface area contributed by atoms with E-state index in [0.29, 0.717) is 13.1 Å². The van der Waals surface area contributed by atoms with Gasteiger partial charge in [-0.15, -0.1) is 0 Å². The van der Waals surface area contributed by atoms with Crippen molar-refractivity contribution in [1.29, 1.82) is 0 Å². The van der Waals surface area contributed by atoms with E-state index in [0.717, 1.165) is 25.7 Å². The first-order chi connectivity index (χ1) is 12.5. The highest BCUT2D eigenvalue weighted by Crippen LogP contribution is 2.24. The average molecular weight is 383 g/mol. The van der Waals surface area contributed by atoms with Crippen LogP contribution in [0.1, 0.15) is 36.2 Å². The molecule has 0 aromatic carbocycles. The van der Waals surface area contributed by atoms with Gasteiger partial charge in [-0.1, -0.05) is 12.8 Å². The van der Waals surface area contributed by atoms with Gasteiger partial charge in [-0.05, 0) is 25.0 Å². The Balaban J connectivity index is 1.44. The van der Waals surface area contributed by atoms with E-state index < -0.39 is 10.0 Å². The zero-order chi connectivity index (χ0) is 18.6.